The van der Waals surface area contributed by atoms with Gasteiger partial charge in [-0.3, -0.25) is 14.9 Å². The van der Waals surface area contributed by atoms with E-state index >= 15 is 0 Å². The molecule has 0 aliphatic heterocycles. The van der Waals surface area contributed by atoms with E-state index in [1.807, 2.05) is 6.92 Å². The minimum Gasteiger partial charge on any atom is -0.394 e. The van der Waals surface area contributed by atoms with Crippen LogP contribution in [0.4, 0.5) is 5.69 Å². The number of nitrogens with one attached hydrogen (secondary N) is 1. The molecule has 0 bridgehead atoms. The Bertz CT molecular complexity index is 475. The van der Waals surface area contributed by atoms with Crippen LogP contribution < -0.4 is 5.32 Å². The molecule has 1 amide bonds. The van der Waals surface area contributed by atoms with Crippen molar-refractivity contribution in [1.29, 1.82) is 0 Å². The summed E-state index contributed by atoms with van der Waals surface area (Å²) >= 11 is 1.25. The van der Waals surface area contributed by atoms with Crippen LogP contribution in [0.3, 0.4) is 0 Å². The predicted octanol–water partition coefficient (Wildman–Crippen LogP) is 1.82. The second-order valence-electron chi connectivity index (χ2n) is 3.90. The van der Waals surface area contributed by atoms with Gasteiger partial charge in [0.25, 0.3) is 11.6 Å². The third-order valence-electron chi connectivity index (χ3n) is 2.69. The highest BCUT2D eigenvalue weighted by molar-refractivity contribution is 7.98. The maximum atomic E-state index is 11.9. The van der Waals surface area contributed by atoms with E-state index in [-0.39, 0.29) is 23.9 Å². The van der Waals surface area contributed by atoms with Gasteiger partial charge in [-0.25, -0.2) is 0 Å². The first-order valence-corrected chi connectivity index (χ1v) is 7.00. The van der Waals surface area contributed by atoms with E-state index in [4.69, 9.17) is 5.11 Å². The molecule has 1 atom stereocenters. The van der Waals surface area contributed by atoms with Crippen molar-refractivity contribution < 1.29 is 14.8 Å². The van der Waals surface area contributed by atoms with Crippen LogP contribution in [0.15, 0.2) is 23.1 Å². The molecule has 0 fully saturated rings. The minimum absolute atomic E-state index is 0.0859. The molecule has 0 aliphatic carbocycles. The standard InChI is InChI=1S/C12H16N2O4S/c1-3-9(7-15)13-12(16)8-4-5-11(19-2)10(6-8)14(17)18/h4-6,9,15H,3,7H2,1-2H3,(H,13,16)/t9-/m1/s1. The monoisotopic (exact) mass is 284 g/mol. The van der Waals surface area contributed by atoms with Crippen molar-refractivity contribution in [3.8, 4) is 0 Å². The molecule has 7 heteroatoms. The van der Waals surface area contributed by atoms with E-state index < -0.39 is 10.8 Å². The number of hydrogen-bond donors (Lipinski definition) is 2. The molecule has 2 N–H and O–H groups in total. The van der Waals surface area contributed by atoms with E-state index in [9.17, 15) is 14.9 Å². The average Bonchev–Trinajstić information content (AvgIpc) is 2.43. The number of carbonyl (C=O) groups excluding carboxylic acids is 1. The van der Waals surface area contributed by atoms with Crippen LogP contribution in [0.1, 0.15) is 23.7 Å². The van der Waals surface area contributed by atoms with Crippen molar-refractivity contribution in [2.45, 2.75) is 24.3 Å². The lowest BCUT2D eigenvalue weighted by Crippen LogP contribution is -2.36. The summed E-state index contributed by atoms with van der Waals surface area (Å²) < 4.78 is 0. The van der Waals surface area contributed by atoms with E-state index in [2.05, 4.69) is 5.32 Å². The Morgan fingerprint density at radius 2 is 2.26 bits per heavy atom. The number of aliphatic hydroxyl groups excluding tert-OH is 1. The first kappa shape index (κ1) is 15.5. The summed E-state index contributed by atoms with van der Waals surface area (Å²) in [6.07, 6.45) is 2.33. The molecule has 6 nitrogen and oxygen atoms in total. The predicted molar refractivity (Wildman–Crippen MR) is 73.5 cm³/mol. The van der Waals surface area contributed by atoms with Gasteiger partial charge >= 0.3 is 0 Å². The van der Waals surface area contributed by atoms with Gasteiger partial charge in [-0.05, 0) is 24.8 Å². The van der Waals surface area contributed by atoms with Crippen LogP contribution >= 0.6 is 11.8 Å². The van der Waals surface area contributed by atoms with E-state index in [1.165, 1.54) is 23.9 Å². The zero-order valence-corrected chi connectivity index (χ0v) is 11.6. The maximum Gasteiger partial charge on any atom is 0.283 e. The molecule has 0 aromatic heterocycles. The number of carbonyl (C=O) groups is 1. The minimum atomic E-state index is -0.508. The topological polar surface area (TPSA) is 92.5 Å². The Balaban J connectivity index is 2.98. The average molecular weight is 284 g/mol. The summed E-state index contributed by atoms with van der Waals surface area (Å²) in [5, 5.41) is 22.5. The summed E-state index contributed by atoms with van der Waals surface area (Å²) in [7, 11) is 0. The third kappa shape index (κ3) is 3.93. The molecule has 0 aliphatic rings. The van der Waals surface area contributed by atoms with Crippen LogP contribution in [0.5, 0.6) is 0 Å². The molecule has 0 heterocycles. The van der Waals surface area contributed by atoms with Gasteiger partial charge < -0.3 is 10.4 Å². The number of thioether (sulfide) groups is 1. The van der Waals surface area contributed by atoms with Crippen molar-refractivity contribution >= 4 is 23.4 Å². The fourth-order valence-electron chi connectivity index (χ4n) is 1.52. The van der Waals surface area contributed by atoms with Crippen LogP contribution in [-0.4, -0.2) is 34.8 Å². The number of nitro groups is 1. The molecule has 1 aromatic rings. The smallest absolute Gasteiger partial charge is 0.283 e. The summed E-state index contributed by atoms with van der Waals surface area (Å²) in [5.74, 6) is -0.420. The van der Waals surface area contributed by atoms with Gasteiger partial charge in [-0.1, -0.05) is 6.92 Å². The molecule has 1 aromatic carbocycles. The fraction of sp³-hybridized carbons (Fsp3) is 0.417. The van der Waals surface area contributed by atoms with E-state index in [0.717, 1.165) is 0 Å². The molecular formula is C12H16N2O4S. The first-order chi connectivity index (χ1) is 9.03. The quantitative estimate of drug-likeness (QED) is 0.472. The first-order valence-electron chi connectivity index (χ1n) is 5.77. The second kappa shape index (κ2) is 7.10. The fourth-order valence-corrected chi connectivity index (χ4v) is 2.07. The second-order valence-corrected chi connectivity index (χ2v) is 4.75. The van der Waals surface area contributed by atoms with Crippen molar-refractivity contribution in [2.24, 2.45) is 0 Å². The lowest BCUT2D eigenvalue weighted by atomic mass is 10.1. The number of nitrogens with zero attached hydrogens (tertiary/aromatic N) is 1. The molecule has 19 heavy (non-hydrogen) atoms. The van der Waals surface area contributed by atoms with E-state index in [1.54, 1.807) is 12.3 Å². The Hall–Kier alpha value is -1.60. The van der Waals surface area contributed by atoms with Crippen LogP contribution in [-0.2, 0) is 0 Å². The highest BCUT2D eigenvalue weighted by atomic mass is 32.2. The van der Waals surface area contributed by atoms with E-state index in [0.29, 0.717) is 11.3 Å². The summed E-state index contributed by atoms with van der Waals surface area (Å²) in [6, 6.07) is 4.01. The van der Waals surface area contributed by atoms with Gasteiger partial charge in [0.1, 0.15) is 0 Å². The van der Waals surface area contributed by atoms with Gasteiger partial charge in [-0.2, -0.15) is 0 Å². The molecule has 0 saturated heterocycles. The molecule has 1 rings (SSSR count). The zero-order valence-electron chi connectivity index (χ0n) is 10.8. The summed E-state index contributed by atoms with van der Waals surface area (Å²) in [4.78, 5) is 22.8. The van der Waals surface area contributed by atoms with Gasteiger partial charge in [0.15, 0.2) is 0 Å². The molecule has 0 saturated carbocycles. The number of amides is 1. The summed E-state index contributed by atoms with van der Waals surface area (Å²) in [5.41, 5.74) is 0.133. The number of hydrogen-bond acceptors (Lipinski definition) is 5. The Morgan fingerprint density at radius 3 is 2.74 bits per heavy atom. The van der Waals surface area contributed by atoms with Crippen molar-refractivity contribution in [2.75, 3.05) is 12.9 Å². The number of benzene rings is 1. The largest absolute Gasteiger partial charge is 0.394 e. The Morgan fingerprint density at radius 1 is 1.58 bits per heavy atom. The highest BCUT2D eigenvalue weighted by Crippen LogP contribution is 2.28. The third-order valence-corrected chi connectivity index (χ3v) is 3.47. The Kier molecular flexibility index (Phi) is 5.78. The van der Waals surface area contributed by atoms with Crippen molar-refractivity contribution in [3.05, 3.63) is 33.9 Å². The summed E-state index contributed by atoms with van der Waals surface area (Å²) in [6.45, 7) is 1.67. The lowest BCUT2D eigenvalue weighted by Gasteiger charge is -2.14. The Labute approximate surface area is 115 Å². The van der Waals surface area contributed by atoms with Crippen molar-refractivity contribution in [3.63, 3.8) is 0 Å². The molecule has 104 valence electrons. The zero-order chi connectivity index (χ0) is 14.4. The molecule has 0 unspecified atom stereocenters. The van der Waals surface area contributed by atoms with Gasteiger partial charge in [-0.15, -0.1) is 11.8 Å². The van der Waals surface area contributed by atoms with Gasteiger partial charge in [0, 0.05) is 11.6 Å². The highest BCUT2D eigenvalue weighted by Gasteiger charge is 2.18. The van der Waals surface area contributed by atoms with Gasteiger partial charge in [0.05, 0.1) is 22.5 Å². The lowest BCUT2D eigenvalue weighted by molar-refractivity contribution is -0.387. The number of nitro benzene ring substituents is 1. The number of aliphatic hydroxyl groups is 1. The molecule has 0 spiro atoms. The molecular weight excluding hydrogens is 268 g/mol. The van der Waals surface area contributed by atoms with Crippen LogP contribution in [0.2, 0.25) is 0 Å². The van der Waals surface area contributed by atoms with Crippen LogP contribution in [0.25, 0.3) is 0 Å². The number of rotatable bonds is 6. The maximum absolute atomic E-state index is 11.9. The SMILES string of the molecule is CC[C@H](CO)NC(=O)c1ccc(SC)c([N+](=O)[O-])c1. The normalized spacial score (nSPS) is 11.9. The molecule has 0 radical (unpaired) electrons. The van der Waals surface area contributed by atoms with Crippen molar-refractivity contribution in [1.82, 2.24) is 5.32 Å². The van der Waals surface area contributed by atoms with Gasteiger partial charge in [0.2, 0.25) is 0 Å². The van der Waals surface area contributed by atoms with Crippen LogP contribution in [0, 0.1) is 10.1 Å².